The minimum Gasteiger partial charge on any atom is -0.379 e. The Morgan fingerprint density at radius 2 is 1.81 bits per heavy atom. The fourth-order valence-electron chi connectivity index (χ4n) is 4.37. The molecule has 31 heavy (non-hydrogen) atoms. The van der Waals surface area contributed by atoms with Crippen LogP contribution in [0.3, 0.4) is 0 Å². The van der Waals surface area contributed by atoms with E-state index in [1.807, 2.05) is 17.8 Å². The summed E-state index contributed by atoms with van der Waals surface area (Å²) >= 11 is 1.99. The van der Waals surface area contributed by atoms with E-state index in [1.165, 1.54) is 16.1 Å². The van der Waals surface area contributed by atoms with Crippen LogP contribution in [0.5, 0.6) is 0 Å². The van der Waals surface area contributed by atoms with Crippen LogP contribution in [-0.2, 0) is 4.74 Å². The van der Waals surface area contributed by atoms with Crippen LogP contribution in [0.1, 0.15) is 38.8 Å². The summed E-state index contributed by atoms with van der Waals surface area (Å²) in [4.78, 5) is 6.58. The van der Waals surface area contributed by atoms with Gasteiger partial charge in [0.2, 0.25) is 0 Å². The van der Waals surface area contributed by atoms with Crippen LogP contribution >= 0.6 is 11.8 Å². The second kappa shape index (κ2) is 12.3. The Morgan fingerprint density at radius 3 is 2.52 bits per heavy atom. The molecular formula is C27H38N2OS. The van der Waals surface area contributed by atoms with Gasteiger partial charge < -0.3 is 9.64 Å². The third-order valence-corrected chi connectivity index (χ3v) is 7.31. The van der Waals surface area contributed by atoms with Crippen molar-refractivity contribution in [3.05, 3.63) is 72.8 Å². The molecule has 3 rings (SSSR count). The second-order valence-corrected chi connectivity index (χ2v) is 9.45. The number of thioether (sulfide) groups is 1. The first-order valence-corrected chi connectivity index (χ1v) is 12.6. The molecule has 1 heterocycles. The lowest BCUT2D eigenvalue weighted by atomic mass is 10.0. The summed E-state index contributed by atoms with van der Waals surface area (Å²) in [5.41, 5.74) is 2.76. The largest absolute Gasteiger partial charge is 0.379 e. The first-order valence-electron chi connectivity index (χ1n) is 11.7. The first kappa shape index (κ1) is 23.9. The average molecular weight is 439 g/mol. The van der Waals surface area contributed by atoms with Crippen LogP contribution in [0.4, 0.5) is 5.69 Å². The summed E-state index contributed by atoms with van der Waals surface area (Å²) < 4.78 is 6.19. The van der Waals surface area contributed by atoms with E-state index in [2.05, 4.69) is 91.7 Å². The molecule has 3 nitrogen and oxygen atoms in total. The Balaban J connectivity index is 1.90. The zero-order valence-electron chi connectivity index (χ0n) is 19.4. The van der Waals surface area contributed by atoms with E-state index in [-0.39, 0.29) is 0 Å². The van der Waals surface area contributed by atoms with Crippen molar-refractivity contribution in [2.24, 2.45) is 5.92 Å². The minimum atomic E-state index is 0.342. The van der Waals surface area contributed by atoms with Gasteiger partial charge in [-0.3, -0.25) is 4.90 Å². The van der Waals surface area contributed by atoms with Crippen LogP contribution in [0, 0.1) is 5.92 Å². The van der Waals surface area contributed by atoms with Crippen molar-refractivity contribution < 1.29 is 4.74 Å². The zero-order chi connectivity index (χ0) is 22.1. The summed E-state index contributed by atoms with van der Waals surface area (Å²) in [5, 5.41) is 0. The molecule has 0 saturated carbocycles. The smallest absolute Gasteiger partial charge is 0.0639 e. The van der Waals surface area contributed by atoms with Gasteiger partial charge in [0, 0.05) is 17.2 Å². The number of para-hydroxylation sites is 1. The Bertz CT molecular complexity index is 793. The number of anilines is 1. The van der Waals surface area contributed by atoms with Gasteiger partial charge in [-0.25, -0.2) is 0 Å². The number of hydrogen-bond acceptors (Lipinski definition) is 4. The molecule has 3 atom stereocenters. The molecule has 0 aliphatic carbocycles. The summed E-state index contributed by atoms with van der Waals surface area (Å²) in [7, 11) is 0. The molecule has 0 amide bonds. The summed E-state index contributed by atoms with van der Waals surface area (Å²) in [6.07, 6.45) is 3.11. The summed E-state index contributed by atoms with van der Waals surface area (Å²) in [5.74, 6) is 1.51. The predicted octanol–water partition coefficient (Wildman–Crippen LogP) is 6.28. The lowest BCUT2D eigenvalue weighted by Gasteiger charge is -2.39. The molecule has 0 saturated heterocycles. The minimum absolute atomic E-state index is 0.342. The molecule has 2 aromatic rings. The number of benzene rings is 2. The Kier molecular flexibility index (Phi) is 9.51. The standard InChI is InChI=1S/C27H38N2OS/c1-5-22(4)20-30-21-24(28(6-2)7-3)19-29-25(23-13-9-8-10-14-23)17-18-31-27-16-12-11-15-26(27)29/h5,8-16,22,24-25H,1,6-7,17-21H2,2-4H3. The molecule has 168 valence electrons. The van der Waals surface area contributed by atoms with Crippen LogP contribution < -0.4 is 4.90 Å². The van der Waals surface area contributed by atoms with E-state index < -0.39 is 0 Å². The van der Waals surface area contributed by atoms with Crippen molar-refractivity contribution in [3.63, 3.8) is 0 Å². The molecule has 0 radical (unpaired) electrons. The van der Waals surface area contributed by atoms with Crippen molar-refractivity contribution in [2.45, 2.75) is 44.2 Å². The quantitative estimate of drug-likeness (QED) is 0.384. The lowest BCUT2D eigenvalue weighted by molar-refractivity contribution is 0.0553. The van der Waals surface area contributed by atoms with Crippen molar-refractivity contribution in [3.8, 4) is 0 Å². The van der Waals surface area contributed by atoms with Gasteiger partial charge in [0.15, 0.2) is 0 Å². The van der Waals surface area contributed by atoms with Gasteiger partial charge in [0.1, 0.15) is 0 Å². The highest BCUT2D eigenvalue weighted by Gasteiger charge is 2.29. The molecule has 0 fully saturated rings. The van der Waals surface area contributed by atoms with Gasteiger partial charge >= 0.3 is 0 Å². The van der Waals surface area contributed by atoms with Gasteiger partial charge in [-0.15, -0.1) is 18.3 Å². The highest BCUT2D eigenvalue weighted by Crippen LogP contribution is 2.41. The van der Waals surface area contributed by atoms with Gasteiger partial charge in [-0.05, 0) is 43.1 Å². The van der Waals surface area contributed by atoms with Crippen LogP contribution in [-0.4, -0.2) is 49.5 Å². The molecule has 2 aromatic carbocycles. The monoisotopic (exact) mass is 438 g/mol. The van der Waals surface area contributed by atoms with Crippen LogP contribution in [0.2, 0.25) is 0 Å². The normalized spacial score (nSPS) is 18.3. The number of hydrogen-bond donors (Lipinski definition) is 0. The highest BCUT2D eigenvalue weighted by molar-refractivity contribution is 7.99. The number of ether oxygens (including phenoxy) is 1. The average Bonchev–Trinajstić information content (AvgIpc) is 2.99. The molecular weight excluding hydrogens is 400 g/mol. The fraction of sp³-hybridized carbons (Fsp3) is 0.481. The Labute approximate surface area is 193 Å². The predicted molar refractivity (Wildman–Crippen MR) is 135 cm³/mol. The maximum atomic E-state index is 6.19. The molecule has 4 heteroatoms. The van der Waals surface area contributed by atoms with E-state index in [1.54, 1.807) is 0 Å². The molecule has 3 unspecified atom stereocenters. The molecule has 1 aliphatic rings. The molecule has 1 aliphatic heterocycles. The Hall–Kier alpha value is -1.75. The number of rotatable bonds is 11. The number of likely N-dealkylation sites (N-methyl/N-ethyl adjacent to an activating group) is 1. The van der Waals surface area contributed by atoms with Crippen molar-refractivity contribution in [1.29, 1.82) is 0 Å². The van der Waals surface area contributed by atoms with E-state index in [0.29, 0.717) is 18.0 Å². The van der Waals surface area contributed by atoms with E-state index >= 15 is 0 Å². The number of nitrogens with zero attached hydrogens (tertiary/aromatic N) is 2. The van der Waals surface area contributed by atoms with E-state index in [0.717, 1.165) is 45.0 Å². The highest BCUT2D eigenvalue weighted by atomic mass is 32.2. The molecule has 0 spiro atoms. The molecule has 0 bridgehead atoms. The maximum Gasteiger partial charge on any atom is 0.0639 e. The third kappa shape index (κ3) is 6.38. The van der Waals surface area contributed by atoms with E-state index in [9.17, 15) is 0 Å². The molecule has 0 N–H and O–H groups in total. The van der Waals surface area contributed by atoms with Gasteiger partial charge in [-0.2, -0.15) is 0 Å². The van der Waals surface area contributed by atoms with Gasteiger partial charge in [0.05, 0.1) is 31.0 Å². The van der Waals surface area contributed by atoms with Crippen molar-refractivity contribution >= 4 is 17.4 Å². The lowest BCUT2D eigenvalue weighted by Crippen LogP contribution is -2.48. The Morgan fingerprint density at radius 1 is 1.10 bits per heavy atom. The van der Waals surface area contributed by atoms with Gasteiger partial charge in [0.25, 0.3) is 0 Å². The van der Waals surface area contributed by atoms with Gasteiger partial charge in [-0.1, -0.05) is 69.3 Å². The maximum absolute atomic E-state index is 6.19. The molecule has 0 aromatic heterocycles. The van der Waals surface area contributed by atoms with Crippen LogP contribution in [0.15, 0.2) is 72.1 Å². The van der Waals surface area contributed by atoms with E-state index in [4.69, 9.17) is 4.74 Å². The zero-order valence-corrected chi connectivity index (χ0v) is 20.2. The summed E-state index contributed by atoms with van der Waals surface area (Å²) in [6.45, 7) is 15.1. The van der Waals surface area contributed by atoms with Crippen molar-refractivity contribution in [2.75, 3.05) is 43.5 Å². The van der Waals surface area contributed by atoms with Crippen molar-refractivity contribution in [1.82, 2.24) is 4.90 Å². The second-order valence-electron chi connectivity index (χ2n) is 8.31. The topological polar surface area (TPSA) is 15.7 Å². The SMILES string of the molecule is C=CC(C)COCC(CN1c2ccccc2SCCC1c1ccccc1)N(CC)CC. The number of fused-ring (bicyclic) bond motifs is 1. The first-order chi connectivity index (χ1) is 15.2. The third-order valence-electron chi connectivity index (χ3n) is 6.21. The fourth-order valence-corrected chi connectivity index (χ4v) is 5.44. The summed E-state index contributed by atoms with van der Waals surface area (Å²) in [6, 6.07) is 20.6. The van der Waals surface area contributed by atoms with Crippen LogP contribution in [0.25, 0.3) is 0 Å².